The minimum atomic E-state index is -0.227. The van der Waals surface area contributed by atoms with Gasteiger partial charge in [-0.15, -0.1) is 0 Å². The molecule has 3 rings (SSSR count). The molecule has 7 heteroatoms. The Balaban J connectivity index is 1.82. The van der Waals surface area contributed by atoms with Crippen molar-refractivity contribution in [1.82, 2.24) is 20.2 Å². The molecule has 0 spiro atoms. The van der Waals surface area contributed by atoms with Crippen molar-refractivity contribution in [1.29, 1.82) is 0 Å². The Hall–Kier alpha value is -2.83. The van der Waals surface area contributed by atoms with Gasteiger partial charge in [-0.2, -0.15) is 10.1 Å². The third kappa shape index (κ3) is 2.71. The lowest BCUT2D eigenvalue weighted by Crippen LogP contribution is -2.13. The zero-order valence-corrected chi connectivity index (χ0v) is 11.5. The third-order valence-electron chi connectivity index (χ3n) is 3.04. The van der Waals surface area contributed by atoms with Crippen LogP contribution in [-0.4, -0.2) is 26.8 Å². The van der Waals surface area contributed by atoms with Crippen molar-refractivity contribution in [3.63, 3.8) is 0 Å². The Morgan fingerprint density at radius 2 is 2.19 bits per heavy atom. The quantitative estimate of drug-likeness (QED) is 0.662. The second-order valence-corrected chi connectivity index (χ2v) is 4.44. The molecule has 0 saturated carbocycles. The van der Waals surface area contributed by atoms with Crippen molar-refractivity contribution in [2.45, 2.75) is 13.5 Å². The number of H-pyrrole nitrogens is 2. The number of fused-ring (bicyclic) bond motifs is 1. The maximum absolute atomic E-state index is 11.8. The summed E-state index contributed by atoms with van der Waals surface area (Å²) in [6.07, 6.45) is 1.45. The minimum absolute atomic E-state index is 0.227. The highest BCUT2D eigenvalue weighted by atomic mass is 16.5. The Bertz CT molecular complexity index is 808. The standard InChI is InChI=1S/C14H15N5O2/c1-2-21-11-6-4-3-5-9(11)7-15-14-17-12-10(8-16-19-12)13(20)18-14/h3-6,8H,2,7H2,1H3,(H3,15,16,17,18,19,20). The predicted octanol–water partition coefficient (Wildman–Crippen LogP) is 1.66. The molecule has 0 atom stereocenters. The number of rotatable bonds is 5. The highest BCUT2D eigenvalue weighted by Crippen LogP contribution is 2.18. The van der Waals surface area contributed by atoms with E-state index >= 15 is 0 Å². The van der Waals surface area contributed by atoms with E-state index < -0.39 is 0 Å². The molecule has 0 aliphatic heterocycles. The number of hydrogen-bond acceptors (Lipinski definition) is 5. The van der Waals surface area contributed by atoms with Crippen LogP contribution < -0.4 is 15.6 Å². The van der Waals surface area contributed by atoms with E-state index in [1.165, 1.54) is 6.20 Å². The average molecular weight is 285 g/mol. The van der Waals surface area contributed by atoms with Gasteiger partial charge in [0.25, 0.3) is 5.56 Å². The first kappa shape index (κ1) is 13.2. The van der Waals surface area contributed by atoms with Crippen molar-refractivity contribution < 1.29 is 4.74 Å². The van der Waals surface area contributed by atoms with Crippen LogP contribution in [0, 0.1) is 0 Å². The fourth-order valence-corrected chi connectivity index (χ4v) is 2.05. The van der Waals surface area contributed by atoms with E-state index in [1.807, 2.05) is 31.2 Å². The number of ether oxygens (including phenoxy) is 1. The SMILES string of the molecule is CCOc1ccccc1CNc1nc2[nH]ncc2c(=O)[nH]1. The number of hydrogen-bond donors (Lipinski definition) is 3. The molecular formula is C14H15N5O2. The summed E-state index contributed by atoms with van der Waals surface area (Å²) < 4.78 is 5.56. The molecule has 0 saturated heterocycles. The molecule has 2 heterocycles. The summed E-state index contributed by atoms with van der Waals surface area (Å²) in [4.78, 5) is 18.8. The summed E-state index contributed by atoms with van der Waals surface area (Å²) >= 11 is 0. The first-order valence-electron chi connectivity index (χ1n) is 6.66. The van der Waals surface area contributed by atoms with Gasteiger partial charge >= 0.3 is 0 Å². The zero-order valence-electron chi connectivity index (χ0n) is 11.5. The zero-order chi connectivity index (χ0) is 14.7. The molecule has 3 aromatic rings. The summed E-state index contributed by atoms with van der Waals surface area (Å²) in [5, 5.41) is 10.0. The average Bonchev–Trinajstić information content (AvgIpc) is 2.96. The molecule has 0 amide bonds. The van der Waals surface area contributed by atoms with Crippen LogP contribution in [-0.2, 0) is 6.54 Å². The van der Waals surface area contributed by atoms with Gasteiger partial charge in [-0.05, 0) is 13.0 Å². The Morgan fingerprint density at radius 1 is 1.33 bits per heavy atom. The number of benzene rings is 1. The van der Waals surface area contributed by atoms with E-state index in [1.54, 1.807) is 0 Å². The molecule has 0 aliphatic rings. The Labute approximate surface area is 120 Å². The maximum Gasteiger partial charge on any atom is 0.263 e. The van der Waals surface area contributed by atoms with Crippen molar-refractivity contribution in [3.8, 4) is 5.75 Å². The smallest absolute Gasteiger partial charge is 0.263 e. The van der Waals surface area contributed by atoms with Gasteiger partial charge in [0.1, 0.15) is 11.1 Å². The van der Waals surface area contributed by atoms with Crippen LogP contribution in [0.5, 0.6) is 5.75 Å². The van der Waals surface area contributed by atoms with Gasteiger partial charge in [-0.3, -0.25) is 14.9 Å². The fourth-order valence-electron chi connectivity index (χ4n) is 2.05. The van der Waals surface area contributed by atoms with Crippen molar-refractivity contribution >= 4 is 17.0 Å². The highest BCUT2D eigenvalue weighted by molar-refractivity contribution is 5.73. The summed E-state index contributed by atoms with van der Waals surface area (Å²) in [6.45, 7) is 3.04. The lowest BCUT2D eigenvalue weighted by atomic mass is 10.2. The molecule has 0 unspecified atom stereocenters. The first-order valence-corrected chi connectivity index (χ1v) is 6.66. The highest BCUT2D eigenvalue weighted by Gasteiger charge is 2.06. The Kier molecular flexibility index (Phi) is 3.55. The first-order chi connectivity index (χ1) is 10.3. The maximum atomic E-state index is 11.8. The van der Waals surface area contributed by atoms with Crippen molar-refractivity contribution in [2.75, 3.05) is 11.9 Å². The van der Waals surface area contributed by atoms with Gasteiger partial charge in [-0.1, -0.05) is 18.2 Å². The monoisotopic (exact) mass is 285 g/mol. The number of anilines is 1. The van der Waals surface area contributed by atoms with Gasteiger partial charge in [0, 0.05) is 12.1 Å². The van der Waals surface area contributed by atoms with E-state index in [4.69, 9.17) is 4.74 Å². The van der Waals surface area contributed by atoms with Gasteiger partial charge in [0.2, 0.25) is 5.95 Å². The molecule has 0 fully saturated rings. The van der Waals surface area contributed by atoms with E-state index in [0.29, 0.717) is 30.1 Å². The van der Waals surface area contributed by atoms with Gasteiger partial charge < -0.3 is 10.1 Å². The number of nitrogens with one attached hydrogen (secondary N) is 3. The molecular weight excluding hydrogens is 270 g/mol. The van der Waals surface area contributed by atoms with Gasteiger partial charge in [-0.25, -0.2) is 0 Å². The van der Waals surface area contributed by atoms with Crippen LogP contribution in [0.4, 0.5) is 5.95 Å². The summed E-state index contributed by atoms with van der Waals surface area (Å²) in [5.74, 6) is 1.21. The van der Waals surface area contributed by atoms with Gasteiger partial charge in [0.05, 0.1) is 12.8 Å². The summed E-state index contributed by atoms with van der Waals surface area (Å²) in [5.41, 5.74) is 1.22. The molecule has 21 heavy (non-hydrogen) atoms. The molecule has 0 radical (unpaired) electrons. The largest absolute Gasteiger partial charge is 0.494 e. The molecule has 0 aliphatic carbocycles. The van der Waals surface area contributed by atoms with Crippen LogP contribution in [0.2, 0.25) is 0 Å². The summed E-state index contributed by atoms with van der Waals surface area (Å²) in [6, 6.07) is 7.73. The van der Waals surface area contributed by atoms with Crippen LogP contribution in [0.15, 0.2) is 35.3 Å². The third-order valence-corrected chi connectivity index (χ3v) is 3.04. The van der Waals surface area contributed by atoms with Crippen molar-refractivity contribution in [2.24, 2.45) is 0 Å². The fraction of sp³-hybridized carbons (Fsp3) is 0.214. The van der Waals surface area contributed by atoms with Crippen molar-refractivity contribution in [3.05, 3.63) is 46.4 Å². The normalized spacial score (nSPS) is 10.7. The Morgan fingerprint density at radius 3 is 3.05 bits per heavy atom. The molecule has 7 nitrogen and oxygen atoms in total. The van der Waals surface area contributed by atoms with E-state index in [9.17, 15) is 4.79 Å². The van der Waals surface area contributed by atoms with E-state index in [0.717, 1.165) is 11.3 Å². The lowest BCUT2D eigenvalue weighted by Gasteiger charge is -2.10. The predicted molar refractivity (Wildman–Crippen MR) is 79.4 cm³/mol. The van der Waals surface area contributed by atoms with E-state index in [2.05, 4.69) is 25.5 Å². The molecule has 2 aromatic heterocycles. The number of para-hydroxylation sites is 1. The number of aromatic amines is 2. The second kappa shape index (κ2) is 5.66. The van der Waals surface area contributed by atoms with Crippen LogP contribution in [0.3, 0.4) is 0 Å². The number of nitrogens with zero attached hydrogens (tertiary/aromatic N) is 2. The minimum Gasteiger partial charge on any atom is -0.494 e. The molecule has 3 N–H and O–H groups in total. The lowest BCUT2D eigenvalue weighted by molar-refractivity contribution is 0.337. The molecule has 0 bridgehead atoms. The van der Waals surface area contributed by atoms with Crippen LogP contribution in [0.25, 0.3) is 11.0 Å². The molecule has 1 aromatic carbocycles. The second-order valence-electron chi connectivity index (χ2n) is 4.44. The van der Waals surface area contributed by atoms with Crippen LogP contribution in [0.1, 0.15) is 12.5 Å². The summed E-state index contributed by atoms with van der Waals surface area (Å²) in [7, 11) is 0. The van der Waals surface area contributed by atoms with Gasteiger partial charge in [0.15, 0.2) is 5.65 Å². The van der Waals surface area contributed by atoms with E-state index in [-0.39, 0.29) is 5.56 Å². The number of aromatic nitrogens is 4. The van der Waals surface area contributed by atoms with Crippen LogP contribution >= 0.6 is 0 Å². The topological polar surface area (TPSA) is 95.7 Å². The molecule has 108 valence electrons.